The lowest BCUT2D eigenvalue weighted by Gasteiger charge is -2.10. The number of aliphatic imine (C=N–C) groups is 1. The second-order valence-electron chi connectivity index (χ2n) is 4.43. The summed E-state index contributed by atoms with van der Waals surface area (Å²) in [4.78, 5) is 4.05. The second kappa shape index (κ2) is 9.14. The van der Waals surface area contributed by atoms with Gasteiger partial charge < -0.3 is 20.5 Å². The number of hydrogen-bond acceptors (Lipinski definition) is 3. The van der Waals surface area contributed by atoms with Crippen LogP contribution in [0.4, 0.5) is 18.9 Å². The summed E-state index contributed by atoms with van der Waals surface area (Å²) in [5, 5.41) is 2.77. The van der Waals surface area contributed by atoms with E-state index in [0.717, 1.165) is 12.8 Å². The lowest BCUT2D eigenvalue weighted by molar-refractivity contribution is -0.274. The van der Waals surface area contributed by atoms with Gasteiger partial charge in [0.1, 0.15) is 5.75 Å². The van der Waals surface area contributed by atoms with Crippen LogP contribution in [0.25, 0.3) is 0 Å². The number of halogens is 3. The molecule has 5 nitrogen and oxygen atoms in total. The Bertz CT molecular complexity index is 461. The Kier molecular flexibility index (Phi) is 7.51. The summed E-state index contributed by atoms with van der Waals surface area (Å²) in [6.07, 6.45) is -2.63. The van der Waals surface area contributed by atoms with Crippen molar-refractivity contribution in [3.8, 4) is 5.75 Å². The first-order valence-electron chi connectivity index (χ1n) is 6.91. The number of unbranched alkanes of at least 4 members (excludes halogenated alkanes) is 1. The van der Waals surface area contributed by atoms with E-state index in [2.05, 4.69) is 22.0 Å². The van der Waals surface area contributed by atoms with Crippen molar-refractivity contribution in [1.82, 2.24) is 0 Å². The summed E-state index contributed by atoms with van der Waals surface area (Å²) in [6, 6.07) is 5.22. The van der Waals surface area contributed by atoms with Crippen LogP contribution in [0.15, 0.2) is 29.3 Å². The molecule has 0 radical (unpaired) electrons. The predicted octanol–water partition coefficient (Wildman–Crippen LogP) is 3.13. The maximum absolute atomic E-state index is 12.0. The lowest BCUT2D eigenvalue weighted by atomic mass is 10.3. The third-order valence-electron chi connectivity index (χ3n) is 2.52. The second-order valence-corrected chi connectivity index (χ2v) is 4.43. The van der Waals surface area contributed by atoms with Gasteiger partial charge in [0.05, 0.1) is 13.2 Å². The molecule has 0 aliphatic rings. The zero-order valence-corrected chi connectivity index (χ0v) is 12.3. The van der Waals surface area contributed by atoms with E-state index in [4.69, 9.17) is 10.5 Å². The molecule has 0 aromatic heterocycles. The first-order chi connectivity index (χ1) is 10.4. The summed E-state index contributed by atoms with van der Waals surface area (Å²) in [7, 11) is 0. The van der Waals surface area contributed by atoms with Crippen LogP contribution in [-0.4, -0.2) is 32.1 Å². The summed E-state index contributed by atoms with van der Waals surface area (Å²) in [6.45, 7) is 3.66. The quantitative estimate of drug-likeness (QED) is 0.439. The Labute approximate surface area is 127 Å². The van der Waals surface area contributed by atoms with E-state index in [-0.39, 0.29) is 11.7 Å². The van der Waals surface area contributed by atoms with E-state index >= 15 is 0 Å². The van der Waals surface area contributed by atoms with Gasteiger partial charge in [0.2, 0.25) is 0 Å². The van der Waals surface area contributed by atoms with Gasteiger partial charge in [-0.05, 0) is 30.7 Å². The van der Waals surface area contributed by atoms with Crippen molar-refractivity contribution in [2.75, 3.05) is 25.1 Å². The molecule has 0 fully saturated rings. The minimum Gasteiger partial charge on any atom is -0.406 e. The van der Waals surface area contributed by atoms with Crippen LogP contribution in [0.1, 0.15) is 19.8 Å². The fourth-order valence-corrected chi connectivity index (χ4v) is 1.51. The van der Waals surface area contributed by atoms with Gasteiger partial charge in [-0.15, -0.1) is 13.2 Å². The van der Waals surface area contributed by atoms with Crippen molar-refractivity contribution in [1.29, 1.82) is 0 Å². The Morgan fingerprint density at radius 2 is 1.91 bits per heavy atom. The van der Waals surface area contributed by atoms with Crippen LogP contribution < -0.4 is 15.8 Å². The highest BCUT2D eigenvalue weighted by molar-refractivity contribution is 5.92. The Morgan fingerprint density at radius 3 is 2.50 bits per heavy atom. The fourth-order valence-electron chi connectivity index (χ4n) is 1.51. The highest BCUT2D eigenvalue weighted by Gasteiger charge is 2.30. The number of benzene rings is 1. The van der Waals surface area contributed by atoms with Crippen LogP contribution in [0, 0.1) is 0 Å². The molecule has 0 saturated heterocycles. The van der Waals surface area contributed by atoms with Crippen molar-refractivity contribution in [2.24, 2.45) is 10.7 Å². The molecular weight excluding hydrogens is 299 g/mol. The molecule has 0 unspecified atom stereocenters. The number of hydrogen-bond donors (Lipinski definition) is 2. The zero-order valence-electron chi connectivity index (χ0n) is 12.3. The van der Waals surface area contributed by atoms with Gasteiger partial charge >= 0.3 is 6.36 Å². The SMILES string of the molecule is CCCCOCCN=C(N)Nc1ccc(OC(F)(F)F)cc1. The Hall–Kier alpha value is -1.96. The molecular formula is C14H20F3N3O2. The minimum atomic E-state index is -4.70. The predicted molar refractivity (Wildman–Crippen MR) is 79.0 cm³/mol. The van der Waals surface area contributed by atoms with Crippen LogP contribution in [0.2, 0.25) is 0 Å². The molecule has 0 amide bonds. The van der Waals surface area contributed by atoms with E-state index in [1.807, 2.05) is 0 Å². The Morgan fingerprint density at radius 1 is 1.23 bits per heavy atom. The van der Waals surface area contributed by atoms with Crippen molar-refractivity contribution < 1.29 is 22.6 Å². The third kappa shape index (κ3) is 8.35. The van der Waals surface area contributed by atoms with Crippen LogP contribution in [0.5, 0.6) is 5.75 Å². The number of rotatable bonds is 8. The molecule has 3 N–H and O–H groups in total. The first-order valence-corrected chi connectivity index (χ1v) is 6.91. The molecule has 0 bridgehead atoms. The Balaban J connectivity index is 2.36. The molecule has 0 saturated carbocycles. The normalized spacial score (nSPS) is 12.3. The fraction of sp³-hybridized carbons (Fsp3) is 0.500. The van der Waals surface area contributed by atoms with Gasteiger partial charge in [-0.2, -0.15) is 0 Å². The van der Waals surface area contributed by atoms with E-state index in [0.29, 0.717) is 25.4 Å². The van der Waals surface area contributed by atoms with Crippen molar-refractivity contribution >= 4 is 11.6 Å². The standard InChI is InChI=1S/C14H20F3N3O2/c1-2-3-9-21-10-8-19-13(18)20-11-4-6-12(7-5-11)22-14(15,16)17/h4-7H,2-3,8-10H2,1H3,(H3,18,19,20). The highest BCUT2D eigenvalue weighted by atomic mass is 19.4. The van der Waals surface area contributed by atoms with Crippen molar-refractivity contribution in [2.45, 2.75) is 26.1 Å². The van der Waals surface area contributed by atoms with Gasteiger partial charge in [-0.1, -0.05) is 13.3 Å². The summed E-state index contributed by atoms with van der Waals surface area (Å²) in [5.41, 5.74) is 6.17. The molecule has 1 aromatic carbocycles. The summed E-state index contributed by atoms with van der Waals surface area (Å²) in [5.74, 6) is -0.124. The third-order valence-corrected chi connectivity index (χ3v) is 2.52. The number of nitrogens with zero attached hydrogens (tertiary/aromatic N) is 1. The van der Waals surface area contributed by atoms with Gasteiger partial charge in [-0.25, -0.2) is 0 Å². The number of anilines is 1. The van der Waals surface area contributed by atoms with Crippen LogP contribution >= 0.6 is 0 Å². The number of guanidine groups is 1. The number of nitrogens with one attached hydrogen (secondary N) is 1. The first kappa shape index (κ1) is 18.1. The minimum absolute atomic E-state index is 0.170. The molecule has 0 aliphatic heterocycles. The number of nitrogens with two attached hydrogens (primary N) is 1. The molecule has 1 aromatic rings. The van der Waals surface area contributed by atoms with Crippen LogP contribution in [0.3, 0.4) is 0 Å². The van der Waals surface area contributed by atoms with Gasteiger partial charge in [0.15, 0.2) is 5.96 Å². The average Bonchev–Trinajstić information content (AvgIpc) is 2.43. The average molecular weight is 319 g/mol. The van der Waals surface area contributed by atoms with E-state index < -0.39 is 6.36 Å². The molecule has 0 spiro atoms. The molecule has 0 heterocycles. The van der Waals surface area contributed by atoms with E-state index in [1.165, 1.54) is 24.3 Å². The van der Waals surface area contributed by atoms with Crippen LogP contribution in [-0.2, 0) is 4.74 Å². The van der Waals surface area contributed by atoms with E-state index in [1.54, 1.807) is 0 Å². The molecule has 124 valence electrons. The van der Waals surface area contributed by atoms with Gasteiger partial charge in [-0.3, -0.25) is 4.99 Å². The maximum Gasteiger partial charge on any atom is 0.573 e. The summed E-state index contributed by atoms with van der Waals surface area (Å²) < 4.78 is 45.1. The van der Waals surface area contributed by atoms with E-state index in [9.17, 15) is 13.2 Å². The maximum atomic E-state index is 12.0. The molecule has 22 heavy (non-hydrogen) atoms. The van der Waals surface area contributed by atoms with Crippen molar-refractivity contribution in [3.63, 3.8) is 0 Å². The smallest absolute Gasteiger partial charge is 0.406 e. The number of ether oxygens (including phenoxy) is 2. The largest absolute Gasteiger partial charge is 0.573 e. The molecule has 0 atom stereocenters. The lowest BCUT2D eigenvalue weighted by Crippen LogP contribution is -2.23. The van der Waals surface area contributed by atoms with Gasteiger partial charge in [0, 0.05) is 12.3 Å². The summed E-state index contributed by atoms with van der Waals surface area (Å²) >= 11 is 0. The molecule has 8 heteroatoms. The topological polar surface area (TPSA) is 68.9 Å². The van der Waals surface area contributed by atoms with Crippen molar-refractivity contribution in [3.05, 3.63) is 24.3 Å². The highest BCUT2D eigenvalue weighted by Crippen LogP contribution is 2.23. The zero-order chi connectivity index (χ0) is 16.4. The monoisotopic (exact) mass is 319 g/mol. The van der Waals surface area contributed by atoms with Gasteiger partial charge in [0.25, 0.3) is 0 Å². The number of alkyl halides is 3. The molecule has 1 rings (SSSR count). The molecule has 0 aliphatic carbocycles.